The molecule has 1 aliphatic heterocycles. The Bertz CT molecular complexity index is 1880. The molecule has 0 unspecified atom stereocenters. The average Bonchev–Trinajstić information content (AvgIpc) is 3.58. The Morgan fingerprint density at radius 3 is 2.49 bits per heavy atom. The first-order chi connectivity index (χ1) is 20.6. The van der Waals surface area contributed by atoms with Gasteiger partial charge in [-0.05, 0) is 52.8 Å². The third-order valence-electron chi connectivity index (χ3n) is 7.88. The molecule has 6 rings (SSSR count). The lowest BCUT2D eigenvalue weighted by Crippen LogP contribution is -2.41. The summed E-state index contributed by atoms with van der Waals surface area (Å²) in [6.45, 7) is 10.7. The van der Waals surface area contributed by atoms with Crippen molar-refractivity contribution in [1.29, 1.82) is 0 Å². The number of thiophene rings is 1. The predicted octanol–water partition coefficient (Wildman–Crippen LogP) is 6.21. The van der Waals surface area contributed by atoms with Gasteiger partial charge < -0.3 is 15.0 Å². The van der Waals surface area contributed by atoms with Crippen LogP contribution in [0.4, 0.5) is 5.69 Å². The number of fused-ring (bicyclic) bond motifs is 2. The number of hydrogen-bond acceptors (Lipinski definition) is 6. The highest BCUT2D eigenvalue weighted by Gasteiger charge is 2.23. The molecule has 1 saturated heterocycles. The second-order valence-electron chi connectivity index (χ2n) is 11.9. The number of morpholine rings is 1. The quantitative estimate of drug-likeness (QED) is 0.192. The minimum Gasteiger partial charge on any atom is -0.379 e. The summed E-state index contributed by atoms with van der Waals surface area (Å²) in [7, 11) is -3.83. The molecule has 5 aromatic rings. The number of rotatable bonds is 8. The van der Waals surface area contributed by atoms with E-state index in [9.17, 15) is 13.2 Å². The van der Waals surface area contributed by atoms with Crippen molar-refractivity contribution in [1.82, 2.24) is 15.2 Å². The molecule has 43 heavy (non-hydrogen) atoms. The molecule has 0 bridgehead atoms. The third-order valence-corrected chi connectivity index (χ3v) is 10.2. The van der Waals surface area contributed by atoms with E-state index in [0.717, 1.165) is 57.3 Å². The molecule has 0 aliphatic carbocycles. The highest BCUT2D eigenvalue weighted by Crippen LogP contribution is 2.41. The number of nitrogens with zero attached hydrogens (tertiary/aromatic N) is 1. The number of hydrogen-bond donors (Lipinski definition) is 3. The first-order valence-electron chi connectivity index (χ1n) is 14.4. The normalized spacial score (nSPS) is 14.8. The maximum Gasteiger partial charge on any atom is 0.268 e. The molecule has 2 aromatic heterocycles. The second kappa shape index (κ2) is 11.8. The molecule has 8 nitrogen and oxygen atoms in total. The molecule has 1 fully saturated rings. The fraction of sp³-hybridized carbons (Fsp3) is 0.303. The van der Waals surface area contributed by atoms with Gasteiger partial charge in [0.25, 0.3) is 15.9 Å². The molecule has 3 heterocycles. The van der Waals surface area contributed by atoms with Crippen molar-refractivity contribution >= 4 is 53.9 Å². The van der Waals surface area contributed by atoms with Gasteiger partial charge in [-0.15, -0.1) is 11.3 Å². The van der Waals surface area contributed by atoms with Crippen LogP contribution < -0.4 is 10.0 Å². The largest absolute Gasteiger partial charge is 0.379 e. The van der Waals surface area contributed by atoms with Crippen molar-refractivity contribution in [3.05, 3.63) is 83.4 Å². The molecule has 0 saturated carbocycles. The van der Waals surface area contributed by atoms with Gasteiger partial charge in [-0.2, -0.15) is 0 Å². The number of anilines is 1. The van der Waals surface area contributed by atoms with Gasteiger partial charge in [-0.3, -0.25) is 14.4 Å². The summed E-state index contributed by atoms with van der Waals surface area (Å²) < 4.78 is 36.0. The van der Waals surface area contributed by atoms with E-state index in [4.69, 9.17) is 4.74 Å². The van der Waals surface area contributed by atoms with Crippen LogP contribution in [-0.4, -0.2) is 63.6 Å². The molecule has 3 N–H and O–H groups in total. The zero-order valence-corrected chi connectivity index (χ0v) is 26.2. The highest BCUT2D eigenvalue weighted by molar-refractivity contribution is 7.92. The van der Waals surface area contributed by atoms with Crippen LogP contribution in [0.25, 0.3) is 32.1 Å². The Hall–Kier alpha value is -3.70. The molecule has 0 atom stereocenters. The minimum atomic E-state index is -3.83. The molecule has 1 aliphatic rings. The van der Waals surface area contributed by atoms with E-state index in [-0.39, 0.29) is 16.2 Å². The average molecular weight is 617 g/mol. The van der Waals surface area contributed by atoms with E-state index in [2.05, 4.69) is 52.1 Å². The number of benzene rings is 3. The first kappa shape index (κ1) is 29.4. The first-order valence-corrected chi connectivity index (χ1v) is 16.8. The summed E-state index contributed by atoms with van der Waals surface area (Å²) in [6, 6.07) is 20.4. The van der Waals surface area contributed by atoms with Crippen LogP contribution in [0.15, 0.2) is 77.0 Å². The Balaban J connectivity index is 1.34. The van der Waals surface area contributed by atoms with E-state index in [1.165, 1.54) is 0 Å². The van der Waals surface area contributed by atoms with Crippen LogP contribution in [0, 0.1) is 0 Å². The van der Waals surface area contributed by atoms with E-state index >= 15 is 0 Å². The van der Waals surface area contributed by atoms with Crippen LogP contribution in [0.5, 0.6) is 0 Å². The molecule has 0 radical (unpaired) electrons. The number of ether oxygens (including phenoxy) is 1. The Morgan fingerprint density at radius 1 is 1.00 bits per heavy atom. The van der Waals surface area contributed by atoms with E-state index < -0.39 is 10.0 Å². The molecular formula is C33H36N4O4S2. The lowest BCUT2D eigenvalue weighted by atomic mass is 9.87. The predicted molar refractivity (Wildman–Crippen MR) is 175 cm³/mol. The van der Waals surface area contributed by atoms with Crippen molar-refractivity contribution in [3.63, 3.8) is 0 Å². The van der Waals surface area contributed by atoms with Gasteiger partial charge in [0.2, 0.25) is 0 Å². The van der Waals surface area contributed by atoms with Gasteiger partial charge in [-0.1, -0.05) is 51.1 Å². The molecule has 0 spiro atoms. The van der Waals surface area contributed by atoms with Gasteiger partial charge in [-0.25, -0.2) is 8.42 Å². The Labute approximate surface area is 256 Å². The van der Waals surface area contributed by atoms with Gasteiger partial charge in [0.05, 0.1) is 18.1 Å². The summed E-state index contributed by atoms with van der Waals surface area (Å²) >= 11 is 1.62. The number of carbonyl (C=O) groups is 1. The topological polar surface area (TPSA) is 104 Å². The third kappa shape index (κ3) is 6.19. The van der Waals surface area contributed by atoms with Crippen molar-refractivity contribution < 1.29 is 17.9 Å². The molecule has 3 aromatic carbocycles. The van der Waals surface area contributed by atoms with E-state index in [1.807, 2.05) is 36.4 Å². The van der Waals surface area contributed by atoms with E-state index in [0.29, 0.717) is 31.1 Å². The van der Waals surface area contributed by atoms with Crippen LogP contribution in [0.3, 0.4) is 0 Å². The number of H-pyrrole nitrogens is 1. The highest BCUT2D eigenvalue weighted by atomic mass is 32.2. The number of nitrogens with one attached hydrogen (secondary N) is 3. The molecular weight excluding hydrogens is 581 g/mol. The second-order valence-corrected chi connectivity index (χ2v) is 14.5. The molecule has 224 valence electrons. The van der Waals surface area contributed by atoms with Crippen LogP contribution in [0.2, 0.25) is 0 Å². The van der Waals surface area contributed by atoms with Gasteiger partial charge >= 0.3 is 0 Å². The maximum absolute atomic E-state index is 13.6. The van der Waals surface area contributed by atoms with Gasteiger partial charge in [0.15, 0.2) is 0 Å². The summed E-state index contributed by atoms with van der Waals surface area (Å²) in [4.78, 5) is 19.4. The molecule has 10 heteroatoms. The number of sulfonamides is 1. The smallest absolute Gasteiger partial charge is 0.268 e. The zero-order chi connectivity index (χ0) is 30.2. The summed E-state index contributed by atoms with van der Waals surface area (Å²) in [5.74, 6) is -0.198. The standard InChI is InChI=1S/C33H36N4O4S2/c1-33(2,3)22-8-11-24(12-9-22)43(39,40)36-23-10-13-28-26(20-23)30(27-21-42-29-7-5-4-6-25(27)29)31(35-28)32(38)34-14-15-37-16-18-41-19-17-37/h4-13,20-21,35-36H,14-19H2,1-3H3,(H,34,38). The monoisotopic (exact) mass is 616 g/mol. The van der Waals surface area contributed by atoms with Gasteiger partial charge in [0.1, 0.15) is 5.69 Å². The summed E-state index contributed by atoms with van der Waals surface area (Å²) in [5, 5.41) is 6.96. The summed E-state index contributed by atoms with van der Waals surface area (Å²) in [5.41, 5.74) is 4.30. The van der Waals surface area contributed by atoms with Crippen molar-refractivity contribution in [2.45, 2.75) is 31.1 Å². The SMILES string of the molecule is CC(C)(C)c1ccc(S(=O)(=O)Nc2ccc3[nH]c(C(=O)NCCN4CCOCC4)c(-c4csc5ccccc45)c3c2)cc1. The number of aromatic amines is 1. The Morgan fingerprint density at radius 2 is 1.74 bits per heavy atom. The maximum atomic E-state index is 13.6. The lowest BCUT2D eigenvalue weighted by Gasteiger charge is -2.26. The fourth-order valence-electron chi connectivity index (χ4n) is 5.47. The van der Waals surface area contributed by atoms with Crippen LogP contribution in [-0.2, 0) is 20.2 Å². The Kier molecular flexibility index (Phi) is 8.04. The van der Waals surface area contributed by atoms with Gasteiger partial charge in [0, 0.05) is 64.0 Å². The summed E-state index contributed by atoms with van der Waals surface area (Å²) in [6.07, 6.45) is 0. The zero-order valence-electron chi connectivity index (χ0n) is 24.6. The van der Waals surface area contributed by atoms with Crippen molar-refractivity contribution in [2.75, 3.05) is 44.1 Å². The van der Waals surface area contributed by atoms with Crippen molar-refractivity contribution in [2.24, 2.45) is 0 Å². The van der Waals surface area contributed by atoms with Crippen LogP contribution >= 0.6 is 11.3 Å². The number of aromatic nitrogens is 1. The van der Waals surface area contributed by atoms with Crippen LogP contribution in [0.1, 0.15) is 36.8 Å². The minimum absolute atomic E-state index is 0.0796. The van der Waals surface area contributed by atoms with E-state index in [1.54, 1.807) is 35.6 Å². The van der Waals surface area contributed by atoms with Crippen molar-refractivity contribution in [3.8, 4) is 11.1 Å². The lowest BCUT2D eigenvalue weighted by molar-refractivity contribution is 0.0383. The molecule has 1 amide bonds. The fourth-order valence-corrected chi connectivity index (χ4v) is 7.47. The number of amides is 1. The number of carbonyl (C=O) groups excluding carboxylic acids is 1.